The van der Waals surface area contributed by atoms with Crippen molar-refractivity contribution < 1.29 is 9.53 Å². The molecule has 5 nitrogen and oxygen atoms in total. The second kappa shape index (κ2) is 4.25. The van der Waals surface area contributed by atoms with Gasteiger partial charge in [-0.3, -0.25) is 4.40 Å². The van der Waals surface area contributed by atoms with E-state index in [4.69, 9.17) is 22.1 Å². The highest BCUT2D eigenvalue weighted by Crippen LogP contribution is 2.25. The van der Waals surface area contributed by atoms with Gasteiger partial charge in [-0.1, -0.05) is 18.5 Å². The Labute approximate surface area is 103 Å². The van der Waals surface area contributed by atoms with Gasteiger partial charge in [0.15, 0.2) is 5.65 Å². The second-order valence-corrected chi connectivity index (χ2v) is 3.97. The summed E-state index contributed by atoms with van der Waals surface area (Å²) < 4.78 is 6.29. The zero-order valence-corrected chi connectivity index (χ0v) is 10.3. The van der Waals surface area contributed by atoms with Crippen LogP contribution in [-0.4, -0.2) is 22.5 Å². The summed E-state index contributed by atoms with van der Waals surface area (Å²) in [6.45, 7) is 1.97. The number of anilines is 1. The number of nitrogens with zero attached hydrogens (tertiary/aromatic N) is 2. The quantitative estimate of drug-likeness (QED) is 0.830. The van der Waals surface area contributed by atoms with Crippen molar-refractivity contribution >= 4 is 29.0 Å². The van der Waals surface area contributed by atoms with Crippen molar-refractivity contribution in [3.63, 3.8) is 0 Å². The van der Waals surface area contributed by atoms with Gasteiger partial charge in [0.1, 0.15) is 11.4 Å². The SMILES string of the molecule is CCc1cn2c(N)c(Cl)cc(C(=O)OC)c2n1. The molecule has 0 aliphatic carbocycles. The number of imidazole rings is 1. The molecule has 0 radical (unpaired) electrons. The van der Waals surface area contributed by atoms with Crippen molar-refractivity contribution in [2.45, 2.75) is 13.3 Å². The third-order valence-corrected chi connectivity index (χ3v) is 2.84. The van der Waals surface area contributed by atoms with Crippen LogP contribution in [0.2, 0.25) is 5.02 Å². The number of fused-ring (bicyclic) bond motifs is 1. The highest BCUT2D eigenvalue weighted by Gasteiger charge is 2.17. The van der Waals surface area contributed by atoms with Crippen molar-refractivity contribution in [2.75, 3.05) is 12.8 Å². The van der Waals surface area contributed by atoms with E-state index in [0.29, 0.717) is 22.1 Å². The molecule has 2 aromatic heterocycles. The van der Waals surface area contributed by atoms with E-state index in [-0.39, 0.29) is 0 Å². The van der Waals surface area contributed by atoms with E-state index in [9.17, 15) is 4.79 Å². The van der Waals surface area contributed by atoms with Crippen molar-refractivity contribution in [1.82, 2.24) is 9.38 Å². The average Bonchev–Trinajstić information content (AvgIpc) is 2.77. The average molecular weight is 254 g/mol. The molecule has 17 heavy (non-hydrogen) atoms. The Morgan fingerprint density at radius 3 is 2.94 bits per heavy atom. The molecular formula is C11H12ClN3O2. The lowest BCUT2D eigenvalue weighted by Crippen LogP contribution is -2.07. The number of halogens is 1. The normalized spacial score (nSPS) is 10.8. The molecule has 2 heterocycles. The number of carbonyl (C=O) groups excluding carboxylic acids is 1. The predicted octanol–water partition coefficient (Wildman–Crippen LogP) is 1.92. The molecule has 2 N–H and O–H groups in total. The highest BCUT2D eigenvalue weighted by atomic mass is 35.5. The Morgan fingerprint density at radius 1 is 1.65 bits per heavy atom. The molecule has 0 spiro atoms. The number of rotatable bonds is 2. The van der Waals surface area contributed by atoms with Gasteiger partial charge >= 0.3 is 5.97 Å². The Hall–Kier alpha value is -1.75. The Kier molecular flexibility index (Phi) is 2.93. The van der Waals surface area contributed by atoms with Crippen LogP contribution in [-0.2, 0) is 11.2 Å². The summed E-state index contributed by atoms with van der Waals surface area (Å²) in [5, 5.41) is 0.304. The highest BCUT2D eigenvalue weighted by molar-refractivity contribution is 6.33. The molecule has 0 atom stereocenters. The molecular weight excluding hydrogens is 242 g/mol. The van der Waals surface area contributed by atoms with Crippen molar-refractivity contribution in [3.8, 4) is 0 Å². The van der Waals surface area contributed by atoms with Crippen LogP contribution in [0.3, 0.4) is 0 Å². The number of hydrogen-bond acceptors (Lipinski definition) is 4. The summed E-state index contributed by atoms with van der Waals surface area (Å²) in [5.74, 6) is -0.119. The van der Waals surface area contributed by atoms with Crippen LogP contribution in [0.5, 0.6) is 0 Å². The van der Waals surface area contributed by atoms with Gasteiger partial charge in [-0.05, 0) is 12.5 Å². The number of esters is 1. The number of ether oxygens (including phenoxy) is 1. The second-order valence-electron chi connectivity index (χ2n) is 3.56. The number of nitrogen functional groups attached to an aromatic ring is 1. The molecule has 0 saturated heterocycles. The van der Waals surface area contributed by atoms with Gasteiger partial charge in [-0.15, -0.1) is 0 Å². The molecule has 0 aliphatic heterocycles. The summed E-state index contributed by atoms with van der Waals surface area (Å²) >= 11 is 5.96. The first kappa shape index (κ1) is 11.7. The Bertz CT molecular complexity index is 592. The molecule has 0 bridgehead atoms. The van der Waals surface area contributed by atoms with Gasteiger partial charge in [-0.2, -0.15) is 0 Å². The lowest BCUT2D eigenvalue weighted by molar-refractivity contribution is 0.0602. The van der Waals surface area contributed by atoms with Gasteiger partial charge in [0.25, 0.3) is 0 Å². The Morgan fingerprint density at radius 2 is 2.35 bits per heavy atom. The molecule has 90 valence electrons. The van der Waals surface area contributed by atoms with Crippen molar-refractivity contribution in [2.24, 2.45) is 0 Å². The Balaban J connectivity index is 2.79. The number of methoxy groups -OCH3 is 1. The summed E-state index contributed by atoms with van der Waals surface area (Å²) in [7, 11) is 1.31. The minimum Gasteiger partial charge on any atom is -0.465 e. The third kappa shape index (κ3) is 1.82. The lowest BCUT2D eigenvalue weighted by Gasteiger charge is -2.06. The number of carbonyl (C=O) groups is 1. The minimum atomic E-state index is -0.481. The maximum absolute atomic E-state index is 11.6. The smallest absolute Gasteiger partial charge is 0.341 e. The van der Waals surface area contributed by atoms with Gasteiger partial charge in [0, 0.05) is 6.20 Å². The van der Waals surface area contributed by atoms with E-state index < -0.39 is 5.97 Å². The first-order valence-electron chi connectivity index (χ1n) is 5.12. The molecule has 6 heteroatoms. The molecule has 0 unspecified atom stereocenters. The first-order valence-corrected chi connectivity index (χ1v) is 5.50. The van der Waals surface area contributed by atoms with E-state index in [0.717, 1.165) is 12.1 Å². The van der Waals surface area contributed by atoms with Crippen LogP contribution in [0, 0.1) is 0 Å². The molecule has 2 rings (SSSR count). The van der Waals surface area contributed by atoms with Gasteiger partial charge in [0.2, 0.25) is 0 Å². The van der Waals surface area contributed by atoms with Crippen molar-refractivity contribution in [3.05, 3.63) is 28.5 Å². The number of hydrogen-bond donors (Lipinski definition) is 1. The summed E-state index contributed by atoms with van der Waals surface area (Å²) in [4.78, 5) is 15.9. The van der Waals surface area contributed by atoms with E-state index in [1.807, 2.05) is 6.92 Å². The maximum Gasteiger partial charge on any atom is 0.341 e. The number of nitrogens with two attached hydrogens (primary N) is 1. The molecule has 0 aromatic carbocycles. The number of pyridine rings is 1. The fourth-order valence-electron chi connectivity index (χ4n) is 1.61. The topological polar surface area (TPSA) is 69.6 Å². The summed E-state index contributed by atoms with van der Waals surface area (Å²) in [5.41, 5.74) is 7.45. The van der Waals surface area contributed by atoms with E-state index in [1.54, 1.807) is 10.6 Å². The van der Waals surface area contributed by atoms with E-state index in [2.05, 4.69) is 4.98 Å². The van der Waals surface area contributed by atoms with Gasteiger partial charge < -0.3 is 10.5 Å². The molecule has 0 fully saturated rings. The third-order valence-electron chi connectivity index (χ3n) is 2.54. The maximum atomic E-state index is 11.6. The van der Waals surface area contributed by atoms with Crippen LogP contribution in [0.15, 0.2) is 12.3 Å². The van der Waals surface area contributed by atoms with Crippen LogP contribution < -0.4 is 5.73 Å². The molecule has 0 saturated carbocycles. The van der Waals surface area contributed by atoms with Crippen LogP contribution in [0.4, 0.5) is 5.82 Å². The fourth-order valence-corrected chi connectivity index (χ4v) is 1.81. The fraction of sp³-hybridized carbons (Fsp3) is 0.273. The zero-order valence-electron chi connectivity index (χ0n) is 9.53. The van der Waals surface area contributed by atoms with Crippen LogP contribution in [0.25, 0.3) is 5.65 Å². The minimum absolute atomic E-state index is 0.304. The molecule has 0 amide bonds. The summed E-state index contributed by atoms with van der Waals surface area (Å²) in [6.07, 6.45) is 2.52. The first-order chi connectivity index (χ1) is 8.08. The van der Waals surface area contributed by atoms with Gasteiger partial charge in [0.05, 0.1) is 17.8 Å². The van der Waals surface area contributed by atoms with E-state index in [1.165, 1.54) is 13.2 Å². The monoisotopic (exact) mass is 253 g/mol. The summed E-state index contributed by atoms with van der Waals surface area (Å²) in [6, 6.07) is 1.48. The standard InChI is InChI=1S/C11H12ClN3O2/c1-3-6-5-15-9(13)8(12)4-7(10(15)14-6)11(16)17-2/h4-5H,3,13H2,1-2H3. The number of aryl methyl sites for hydroxylation is 1. The largest absolute Gasteiger partial charge is 0.465 e. The van der Waals surface area contributed by atoms with Gasteiger partial charge in [-0.25, -0.2) is 9.78 Å². The lowest BCUT2D eigenvalue weighted by atomic mass is 10.2. The van der Waals surface area contributed by atoms with E-state index >= 15 is 0 Å². The van der Waals surface area contributed by atoms with Crippen LogP contribution >= 0.6 is 11.6 Å². The van der Waals surface area contributed by atoms with Crippen LogP contribution in [0.1, 0.15) is 23.0 Å². The predicted molar refractivity (Wildman–Crippen MR) is 65.3 cm³/mol. The molecule has 0 aliphatic rings. The zero-order chi connectivity index (χ0) is 12.6. The molecule has 2 aromatic rings. The number of aromatic nitrogens is 2. The van der Waals surface area contributed by atoms with Crippen molar-refractivity contribution in [1.29, 1.82) is 0 Å².